The van der Waals surface area contributed by atoms with Gasteiger partial charge in [0.2, 0.25) is 0 Å². The summed E-state index contributed by atoms with van der Waals surface area (Å²) >= 11 is 0. The van der Waals surface area contributed by atoms with Crippen molar-refractivity contribution < 1.29 is 13.6 Å². The Morgan fingerprint density at radius 3 is 2.62 bits per heavy atom. The topological polar surface area (TPSA) is 45.5 Å². The first-order valence-corrected chi connectivity index (χ1v) is 6.92. The maximum atomic E-state index is 12.9. The van der Waals surface area contributed by atoms with Crippen molar-refractivity contribution in [3.8, 4) is 0 Å². The number of furan rings is 1. The minimum atomic E-state index is -0.285. The van der Waals surface area contributed by atoms with E-state index in [0.717, 1.165) is 11.1 Å². The van der Waals surface area contributed by atoms with Gasteiger partial charge in [-0.3, -0.25) is 0 Å². The molecule has 4 nitrogen and oxygen atoms in total. The molecular weight excluding hydrogens is 271 g/mol. The fourth-order valence-corrected chi connectivity index (χ4v) is 2.04. The van der Waals surface area contributed by atoms with Gasteiger partial charge in [0.1, 0.15) is 5.82 Å². The molecule has 1 aromatic heterocycles. The van der Waals surface area contributed by atoms with E-state index in [1.807, 2.05) is 19.9 Å². The number of nitrogens with one attached hydrogen (secondary N) is 1. The van der Waals surface area contributed by atoms with Crippen LogP contribution in [0.5, 0.6) is 0 Å². The second-order valence-corrected chi connectivity index (χ2v) is 4.87. The smallest absolute Gasteiger partial charge is 0.318 e. The van der Waals surface area contributed by atoms with E-state index in [1.54, 1.807) is 29.6 Å². The van der Waals surface area contributed by atoms with Gasteiger partial charge in [0, 0.05) is 12.1 Å². The Labute approximate surface area is 123 Å². The van der Waals surface area contributed by atoms with E-state index in [1.165, 1.54) is 12.1 Å². The van der Waals surface area contributed by atoms with Crippen molar-refractivity contribution in [3.05, 3.63) is 59.8 Å². The number of urea groups is 1. The zero-order valence-corrected chi connectivity index (χ0v) is 12.2. The van der Waals surface area contributed by atoms with Gasteiger partial charge in [-0.05, 0) is 37.6 Å². The Bertz CT molecular complexity index is 566. The summed E-state index contributed by atoms with van der Waals surface area (Å²) in [6.07, 6.45) is 3.21. The molecule has 2 aromatic rings. The molecule has 1 atom stereocenters. The molecule has 1 aromatic carbocycles. The van der Waals surface area contributed by atoms with E-state index in [2.05, 4.69) is 5.32 Å². The number of rotatable bonds is 5. The van der Waals surface area contributed by atoms with Gasteiger partial charge in [0.05, 0.1) is 25.1 Å². The van der Waals surface area contributed by atoms with E-state index < -0.39 is 0 Å². The molecule has 0 fully saturated rings. The molecule has 5 heteroatoms. The monoisotopic (exact) mass is 290 g/mol. The van der Waals surface area contributed by atoms with Crippen LogP contribution in [0.3, 0.4) is 0 Å². The first-order chi connectivity index (χ1) is 10.1. The molecule has 2 rings (SSSR count). The molecule has 0 aliphatic carbocycles. The zero-order valence-electron chi connectivity index (χ0n) is 12.2. The highest BCUT2D eigenvalue weighted by Gasteiger charge is 2.16. The summed E-state index contributed by atoms with van der Waals surface area (Å²) in [5.41, 5.74) is 1.81. The van der Waals surface area contributed by atoms with Crippen LogP contribution in [0.4, 0.5) is 9.18 Å². The molecule has 1 unspecified atom stereocenters. The minimum absolute atomic E-state index is 0.157. The Morgan fingerprint density at radius 2 is 2.05 bits per heavy atom. The maximum absolute atomic E-state index is 12.9. The van der Waals surface area contributed by atoms with Crippen LogP contribution >= 0.6 is 0 Å². The molecule has 0 aliphatic rings. The van der Waals surface area contributed by atoms with E-state index in [4.69, 9.17) is 4.42 Å². The average molecular weight is 290 g/mol. The lowest BCUT2D eigenvalue weighted by atomic mass is 10.1. The number of amides is 2. The van der Waals surface area contributed by atoms with Gasteiger partial charge in [-0.2, -0.15) is 0 Å². The van der Waals surface area contributed by atoms with Gasteiger partial charge in [0.15, 0.2) is 0 Å². The minimum Gasteiger partial charge on any atom is -0.472 e. The summed E-state index contributed by atoms with van der Waals surface area (Å²) in [6.45, 7) is 4.88. The van der Waals surface area contributed by atoms with E-state index in [0.29, 0.717) is 13.1 Å². The Kier molecular flexibility index (Phi) is 4.98. The summed E-state index contributed by atoms with van der Waals surface area (Å²) in [4.78, 5) is 13.9. The summed E-state index contributed by atoms with van der Waals surface area (Å²) in [5.74, 6) is -0.285. The van der Waals surface area contributed by atoms with Crippen molar-refractivity contribution in [2.24, 2.45) is 0 Å². The standard InChI is InChI=1S/C16H19FN2O2/c1-3-19(10-13-8-9-21-11-13)16(20)18-12(2)14-4-6-15(17)7-5-14/h4-9,11-12H,3,10H2,1-2H3,(H,18,20). The lowest BCUT2D eigenvalue weighted by Crippen LogP contribution is -2.40. The van der Waals surface area contributed by atoms with Gasteiger partial charge in [0.25, 0.3) is 0 Å². The fourth-order valence-electron chi connectivity index (χ4n) is 2.04. The molecule has 0 bridgehead atoms. The third-order valence-electron chi connectivity index (χ3n) is 3.33. The maximum Gasteiger partial charge on any atom is 0.318 e. The number of hydrogen-bond donors (Lipinski definition) is 1. The highest BCUT2D eigenvalue weighted by atomic mass is 19.1. The lowest BCUT2D eigenvalue weighted by molar-refractivity contribution is 0.194. The van der Waals surface area contributed by atoms with E-state index >= 15 is 0 Å². The van der Waals surface area contributed by atoms with Gasteiger partial charge in [-0.25, -0.2) is 9.18 Å². The van der Waals surface area contributed by atoms with Crippen LogP contribution in [0, 0.1) is 5.82 Å². The second-order valence-electron chi connectivity index (χ2n) is 4.87. The summed E-state index contributed by atoms with van der Waals surface area (Å²) in [5, 5.41) is 2.91. The van der Waals surface area contributed by atoms with Crippen molar-refractivity contribution in [3.63, 3.8) is 0 Å². The van der Waals surface area contributed by atoms with Crippen LogP contribution in [0.1, 0.15) is 31.0 Å². The first kappa shape index (κ1) is 15.1. The van der Waals surface area contributed by atoms with Crippen molar-refractivity contribution in [1.29, 1.82) is 0 Å². The third kappa shape index (κ3) is 4.08. The molecule has 1 N–H and O–H groups in total. The van der Waals surface area contributed by atoms with Gasteiger partial charge < -0.3 is 14.6 Å². The molecule has 1 heterocycles. The molecule has 0 aliphatic heterocycles. The predicted octanol–water partition coefficient (Wildman–Crippen LogP) is 3.71. The van der Waals surface area contributed by atoms with Crippen LogP contribution in [-0.4, -0.2) is 17.5 Å². The van der Waals surface area contributed by atoms with Crippen LogP contribution in [0.25, 0.3) is 0 Å². The van der Waals surface area contributed by atoms with Crippen LogP contribution in [-0.2, 0) is 6.54 Å². The normalized spacial score (nSPS) is 12.0. The van der Waals surface area contributed by atoms with E-state index in [-0.39, 0.29) is 17.9 Å². The highest BCUT2D eigenvalue weighted by molar-refractivity contribution is 5.74. The molecule has 0 saturated heterocycles. The Morgan fingerprint density at radius 1 is 1.33 bits per heavy atom. The molecule has 2 amide bonds. The van der Waals surface area contributed by atoms with Gasteiger partial charge in [-0.15, -0.1) is 0 Å². The molecule has 112 valence electrons. The number of nitrogens with zero attached hydrogens (tertiary/aromatic N) is 1. The number of carbonyl (C=O) groups is 1. The largest absolute Gasteiger partial charge is 0.472 e. The number of carbonyl (C=O) groups excluding carboxylic acids is 1. The van der Waals surface area contributed by atoms with Crippen molar-refractivity contribution in [1.82, 2.24) is 10.2 Å². The second kappa shape index (κ2) is 6.92. The van der Waals surface area contributed by atoms with E-state index in [9.17, 15) is 9.18 Å². The predicted molar refractivity (Wildman–Crippen MR) is 78.1 cm³/mol. The van der Waals surface area contributed by atoms with Crippen LogP contribution in [0.15, 0.2) is 47.3 Å². The fraction of sp³-hybridized carbons (Fsp3) is 0.312. The van der Waals surface area contributed by atoms with Gasteiger partial charge >= 0.3 is 6.03 Å². The lowest BCUT2D eigenvalue weighted by Gasteiger charge is -2.23. The molecule has 21 heavy (non-hydrogen) atoms. The number of halogens is 1. The highest BCUT2D eigenvalue weighted by Crippen LogP contribution is 2.14. The van der Waals surface area contributed by atoms with Crippen molar-refractivity contribution in [2.75, 3.05) is 6.54 Å². The summed E-state index contributed by atoms with van der Waals surface area (Å²) in [6, 6.07) is 7.62. The average Bonchev–Trinajstić information content (AvgIpc) is 2.98. The quantitative estimate of drug-likeness (QED) is 0.912. The number of benzene rings is 1. The van der Waals surface area contributed by atoms with Gasteiger partial charge in [-0.1, -0.05) is 12.1 Å². The SMILES string of the molecule is CCN(Cc1ccoc1)C(=O)NC(C)c1ccc(F)cc1. The first-order valence-electron chi connectivity index (χ1n) is 6.92. The van der Waals surface area contributed by atoms with Crippen LogP contribution < -0.4 is 5.32 Å². The molecule has 0 spiro atoms. The number of hydrogen-bond acceptors (Lipinski definition) is 2. The molecule has 0 radical (unpaired) electrons. The third-order valence-corrected chi connectivity index (χ3v) is 3.33. The van der Waals surface area contributed by atoms with Crippen molar-refractivity contribution >= 4 is 6.03 Å². The molecular formula is C16H19FN2O2. The Hall–Kier alpha value is -2.30. The van der Waals surface area contributed by atoms with Crippen LogP contribution in [0.2, 0.25) is 0 Å². The molecule has 0 saturated carbocycles. The summed E-state index contributed by atoms with van der Waals surface area (Å²) < 4.78 is 17.9. The van der Waals surface area contributed by atoms with Crippen molar-refractivity contribution in [2.45, 2.75) is 26.4 Å². The zero-order chi connectivity index (χ0) is 15.2. The summed E-state index contributed by atoms with van der Waals surface area (Å²) in [7, 11) is 0. The Balaban J connectivity index is 1.96.